The Morgan fingerprint density at radius 2 is 1.84 bits per heavy atom. The summed E-state index contributed by atoms with van der Waals surface area (Å²) in [4.78, 5) is 10.6. The molecule has 0 radical (unpaired) electrons. The van der Waals surface area contributed by atoms with Gasteiger partial charge in [0, 0.05) is 19.2 Å². The number of rotatable bonds is 8. The molecule has 0 amide bonds. The van der Waals surface area contributed by atoms with E-state index in [4.69, 9.17) is 5.11 Å². The first-order valence-corrected chi connectivity index (χ1v) is 8.00. The van der Waals surface area contributed by atoms with Gasteiger partial charge >= 0.3 is 5.97 Å². The van der Waals surface area contributed by atoms with Gasteiger partial charge in [0.25, 0.3) is 0 Å². The topological polar surface area (TPSA) is 83.5 Å². The standard InChI is InChI=1S/C13H19NO4S/c1-19(17,18)12-7-5-11(6-8-12)10-14-9-3-2-4-13(15)16/h5-8,14H,2-4,9-10H2,1H3,(H,15,16). The summed E-state index contributed by atoms with van der Waals surface area (Å²) in [5.41, 5.74) is 1.01. The Bertz CT molecular complexity index is 508. The fourth-order valence-electron chi connectivity index (χ4n) is 1.61. The van der Waals surface area contributed by atoms with Gasteiger partial charge in [-0.05, 0) is 37.1 Å². The van der Waals surface area contributed by atoms with Crippen LogP contribution < -0.4 is 5.32 Å². The Hall–Kier alpha value is -1.40. The van der Waals surface area contributed by atoms with Crippen LogP contribution in [0.1, 0.15) is 24.8 Å². The van der Waals surface area contributed by atoms with Gasteiger partial charge in [0.1, 0.15) is 0 Å². The molecule has 106 valence electrons. The number of unbranched alkanes of at least 4 members (excludes halogenated alkanes) is 1. The van der Waals surface area contributed by atoms with Crippen molar-refractivity contribution < 1.29 is 18.3 Å². The number of benzene rings is 1. The fraction of sp³-hybridized carbons (Fsp3) is 0.462. The van der Waals surface area contributed by atoms with Crippen LogP contribution in [-0.4, -0.2) is 32.3 Å². The zero-order valence-electron chi connectivity index (χ0n) is 10.9. The first-order chi connectivity index (χ1) is 8.89. The molecule has 0 aliphatic heterocycles. The van der Waals surface area contributed by atoms with E-state index >= 15 is 0 Å². The zero-order chi connectivity index (χ0) is 14.3. The van der Waals surface area contributed by atoms with E-state index in [-0.39, 0.29) is 6.42 Å². The second-order valence-electron chi connectivity index (χ2n) is 4.44. The Morgan fingerprint density at radius 3 is 2.37 bits per heavy atom. The smallest absolute Gasteiger partial charge is 0.303 e. The zero-order valence-corrected chi connectivity index (χ0v) is 11.7. The molecule has 0 heterocycles. The Kier molecular flexibility index (Phi) is 5.98. The average molecular weight is 285 g/mol. The lowest BCUT2D eigenvalue weighted by Gasteiger charge is -2.05. The third-order valence-corrected chi connectivity index (χ3v) is 3.80. The molecule has 0 fully saturated rings. The van der Waals surface area contributed by atoms with Gasteiger partial charge in [0.2, 0.25) is 0 Å². The molecule has 0 aromatic heterocycles. The minimum Gasteiger partial charge on any atom is -0.481 e. The number of carbonyl (C=O) groups is 1. The fourth-order valence-corrected chi connectivity index (χ4v) is 2.24. The molecule has 0 spiro atoms. The lowest BCUT2D eigenvalue weighted by molar-refractivity contribution is -0.137. The largest absolute Gasteiger partial charge is 0.481 e. The summed E-state index contributed by atoms with van der Waals surface area (Å²) in [6.45, 7) is 1.40. The van der Waals surface area contributed by atoms with E-state index in [9.17, 15) is 13.2 Å². The molecule has 0 bridgehead atoms. The maximum atomic E-state index is 11.3. The second-order valence-corrected chi connectivity index (χ2v) is 6.46. The molecule has 2 N–H and O–H groups in total. The van der Waals surface area contributed by atoms with Crippen LogP contribution in [0.4, 0.5) is 0 Å². The van der Waals surface area contributed by atoms with E-state index in [2.05, 4.69) is 5.32 Å². The highest BCUT2D eigenvalue weighted by molar-refractivity contribution is 7.90. The van der Waals surface area contributed by atoms with Gasteiger partial charge in [0.05, 0.1) is 4.90 Å². The molecule has 0 saturated carbocycles. The molecular formula is C13H19NO4S. The maximum Gasteiger partial charge on any atom is 0.303 e. The molecule has 1 rings (SSSR count). The first-order valence-electron chi connectivity index (χ1n) is 6.11. The maximum absolute atomic E-state index is 11.3. The van der Waals surface area contributed by atoms with Gasteiger partial charge in [-0.3, -0.25) is 4.79 Å². The minimum atomic E-state index is -3.14. The molecule has 0 atom stereocenters. The Balaban J connectivity index is 2.29. The molecule has 0 unspecified atom stereocenters. The number of hydrogen-bond acceptors (Lipinski definition) is 4. The molecule has 0 aliphatic carbocycles. The van der Waals surface area contributed by atoms with Gasteiger partial charge in [-0.25, -0.2) is 8.42 Å². The SMILES string of the molecule is CS(=O)(=O)c1ccc(CNCCCCC(=O)O)cc1. The van der Waals surface area contributed by atoms with Gasteiger partial charge in [-0.2, -0.15) is 0 Å². The van der Waals surface area contributed by atoms with Crippen molar-refractivity contribution >= 4 is 15.8 Å². The number of hydrogen-bond donors (Lipinski definition) is 2. The predicted molar refractivity (Wildman–Crippen MR) is 72.7 cm³/mol. The number of carboxylic acids is 1. The van der Waals surface area contributed by atoms with Gasteiger partial charge < -0.3 is 10.4 Å². The van der Waals surface area contributed by atoms with Crippen molar-refractivity contribution in [2.24, 2.45) is 0 Å². The number of sulfone groups is 1. The number of nitrogens with one attached hydrogen (secondary N) is 1. The van der Waals surface area contributed by atoms with Crippen LogP contribution >= 0.6 is 0 Å². The van der Waals surface area contributed by atoms with Crippen LogP contribution in [0.3, 0.4) is 0 Å². The highest BCUT2D eigenvalue weighted by Gasteiger charge is 2.05. The van der Waals surface area contributed by atoms with E-state index in [0.717, 1.165) is 18.5 Å². The minimum absolute atomic E-state index is 0.199. The number of carboxylic acid groups (broad SMARTS) is 1. The monoisotopic (exact) mass is 285 g/mol. The second kappa shape index (κ2) is 7.25. The summed E-state index contributed by atoms with van der Waals surface area (Å²) in [6.07, 6.45) is 2.86. The Labute approximate surface area is 113 Å². The molecule has 1 aromatic rings. The quantitative estimate of drug-likeness (QED) is 0.706. The normalized spacial score (nSPS) is 11.4. The van der Waals surface area contributed by atoms with Crippen LogP contribution in [0.5, 0.6) is 0 Å². The van der Waals surface area contributed by atoms with Crippen LogP contribution in [0.25, 0.3) is 0 Å². The average Bonchev–Trinajstić information content (AvgIpc) is 2.32. The molecule has 1 aromatic carbocycles. The summed E-state index contributed by atoms with van der Waals surface area (Å²) >= 11 is 0. The number of aliphatic carboxylic acids is 1. The van der Waals surface area contributed by atoms with E-state index in [1.807, 2.05) is 0 Å². The molecule has 5 nitrogen and oxygen atoms in total. The lowest BCUT2D eigenvalue weighted by atomic mass is 10.2. The van der Waals surface area contributed by atoms with E-state index < -0.39 is 15.8 Å². The lowest BCUT2D eigenvalue weighted by Crippen LogP contribution is -2.15. The summed E-state index contributed by atoms with van der Waals surface area (Å²) in [6, 6.07) is 6.74. The van der Waals surface area contributed by atoms with Crippen LogP contribution in [-0.2, 0) is 21.2 Å². The van der Waals surface area contributed by atoms with Crippen molar-refractivity contribution in [3.63, 3.8) is 0 Å². The molecule has 0 saturated heterocycles. The van der Waals surface area contributed by atoms with Crippen molar-refractivity contribution in [1.82, 2.24) is 5.32 Å². The van der Waals surface area contributed by atoms with Crippen LogP contribution in [0.15, 0.2) is 29.2 Å². The van der Waals surface area contributed by atoms with E-state index in [1.165, 1.54) is 6.26 Å². The summed E-state index contributed by atoms with van der Waals surface area (Å²) in [5.74, 6) is -0.767. The van der Waals surface area contributed by atoms with Crippen LogP contribution in [0.2, 0.25) is 0 Å². The highest BCUT2D eigenvalue weighted by atomic mass is 32.2. The van der Waals surface area contributed by atoms with E-state index in [0.29, 0.717) is 17.9 Å². The third kappa shape index (κ3) is 6.35. The van der Waals surface area contributed by atoms with Gasteiger partial charge in [-0.1, -0.05) is 12.1 Å². The van der Waals surface area contributed by atoms with Crippen molar-refractivity contribution in [1.29, 1.82) is 0 Å². The predicted octanol–water partition coefficient (Wildman–Crippen LogP) is 1.43. The summed E-state index contributed by atoms with van der Waals surface area (Å²) in [7, 11) is -3.14. The van der Waals surface area contributed by atoms with Crippen molar-refractivity contribution in [2.45, 2.75) is 30.7 Å². The first kappa shape index (κ1) is 15.7. The summed E-state index contributed by atoms with van der Waals surface area (Å²) in [5, 5.41) is 11.7. The molecule has 0 aliphatic rings. The van der Waals surface area contributed by atoms with Crippen molar-refractivity contribution in [2.75, 3.05) is 12.8 Å². The highest BCUT2D eigenvalue weighted by Crippen LogP contribution is 2.10. The third-order valence-electron chi connectivity index (χ3n) is 2.67. The van der Waals surface area contributed by atoms with Gasteiger partial charge in [-0.15, -0.1) is 0 Å². The van der Waals surface area contributed by atoms with Gasteiger partial charge in [0.15, 0.2) is 9.84 Å². The summed E-state index contributed by atoms with van der Waals surface area (Å²) < 4.78 is 22.5. The van der Waals surface area contributed by atoms with Crippen molar-refractivity contribution in [3.05, 3.63) is 29.8 Å². The van der Waals surface area contributed by atoms with Crippen molar-refractivity contribution in [3.8, 4) is 0 Å². The molecule has 19 heavy (non-hydrogen) atoms. The Morgan fingerprint density at radius 1 is 1.21 bits per heavy atom. The molecule has 6 heteroatoms. The van der Waals surface area contributed by atoms with Crippen LogP contribution in [0, 0.1) is 0 Å². The van der Waals surface area contributed by atoms with E-state index in [1.54, 1.807) is 24.3 Å². The molecular weight excluding hydrogens is 266 g/mol.